The van der Waals surface area contributed by atoms with Gasteiger partial charge in [-0.05, 0) is 30.7 Å². The van der Waals surface area contributed by atoms with Gasteiger partial charge in [-0.2, -0.15) is 0 Å². The van der Waals surface area contributed by atoms with Crippen LogP contribution < -0.4 is 4.90 Å². The summed E-state index contributed by atoms with van der Waals surface area (Å²) >= 11 is 5.92. The average molecular weight is 295 g/mol. The maximum atomic E-state index is 13.2. The van der Waals surface area contributed by atoms with Crippen LogP contribution in [0.2, 0.25) is 5.02 Å². The second-order valence-corrected chi connectivity index (χ2v) is 5.20. The van der Waals surface area contributed by atoms with E-state index >= 15 is 0 Å². The minimum absolute atomic E-state index is 0.0491. The number of nitrogens with zero attached hydrogens (tertiary/aromatic N) is 2. The maximum Gasteiger partial charge on any atom is 0.337 e. The number of fused-ring (bicyclic) bond motifs is 1. The summed E-state index contributed by atoms with van der Waals surface area (Å²) in [6, 6.07) is 6.59. The van der Waals surface area contributed by atoms with Gasteiger partial charge in [0.2, 0.25) is 0 Å². The molecule has 0 unspecified atom stereocenters. The summed E-state index contributed by atoms with van der Waals surface area (Å²) in [7, 11) is 0. The molecule has 1 N–H and O–H groups in total. The zero-order chi connectivity index (χ0) is 14.3. The van der Waals surface area contributed by atoms with Crippen LogP contribution in [0.15, 0.2) is 24.3 Å². The lowest BCUT2D eigenvalue weighted by atomic mass is 10.1. The fraction of sp³-hybridized carbons (Fsp3) is 0.286. The first kappa shape index (κ1) is 13.1. The first-order valence-electron chi connectivity index (χ1n) is 6.28. The first-order valence-corrected chi connectivity index (χ1v) is 6.65. The summed E-state index contributed by atoms with van der Waals surface area (Å²) in [6.45, 7) is 0.955. The molecule has 1 saturated heterocycles. The number of benzene rings is 1. The molecule has 2 aromatic rings. The van der Waals surface area contributed by atoms with Crippen molar-refractivity contribution in [3.8, 4) is 0 Å². The van der Waals surface area contributed by atoms with E-state index in [4.69, 9.17) is 11.6 Å². The van der Waals surface area contributed by atoms with Gasteiger partial charge in [0, 0.05) is 11.9 Å². The van der Waals surface area contributed by atoms with E-state index in [9.17, 15) is 14.3 Å². The highest BCUT2D eigenvalue weighted by atomic mass is 35.5. The predicted molar refractivity (Wildman–Crippen MR) is 75.4 cm³/mol. The van der Waals surface area contributed by atoms with Gasteiger partial charge in [-0.25, -0.2) is 14.2 Å². The van der Waals surface area contributed by atoms with Crippen LogP contribution in [0.3, 0.4) is 0 Å². The Labute approximate surface area is 119 Å². The zero-order valence-corrected chi connectivity index (χ0v) is 11.3. The second kappa shape index (κ2) is 4.90. The molecule has 0 aliphatic carbocycles. The molecular formula is C14H12ClFN2O2. The fourth-order valence-electron chi connectivity index (χ4n) is 2.49. The summed E-state index contributed by atoms with van der Waals surface area (Å²) in [5.74, 6) is -0.420. The summed E-state index contributed by atoms with van der Waals surface area (Å²) in [6.07, 6.45) is -0.326. The third-order valence-corrected chi connectivity index (χ3v) is 3.79. The summed E-state index contributed by atoms with van der Waals surface area (Å²) in [5.41, 5.74) is 0.597. The quantitative estimate of drug-likeness (QED) is 0.924. The minimum Gasteiger partial charge on any atom is -0.478 e. The Balaban J connectivity index is 2.09. The highest BCUT2D eigenvalue weighted by molar-refractivity contribution is 6.35. The van der Waals surface area contributed by atoms with Gasteiger partial charge in [-0.3, -0.25) is 0 Å². The van der Waals surface area contributed by atoms with E-state index < -0.39 is 12.1 Å². The third kappa shape index (κ3) is 2.18. The van der Waals surface area contributed by atoms with E-state index in [2.05, 4.69) is 4.98 Å². The number of hydrogen-bond donors (Lipinski definition) is 1. The van der Waals surface area contributed by atoms with Crippen molar-refractivity contribution < 1.29 is 14.3 Å². The highest BCUT2D eigenvalue weighted by Gasteiger charge is 2.23. The number of carbonyl (C=O) groups is 1. The lowest BCUT2D eigenvalue weighted by Gasteiger charge is -2.17. The molecule has 1 aromatic heterocycles. The molecule has 104 valence electrons. The van der Waals surface area contributed by atoms with E-state index in [1.165, 1.54) is 6.07 Å². The summed E-state index contributed by atoms with van der Waals surface area (Å²) < 4.78 is 13.2. The zero-order valence-electron chi connectivity index (χ0n) is 10.5. The molecule has 1 aliphatic rings. The van der Waals surface area contributed by atoms with Crippen molar-refractivity contribution in [3.05, 3.63) is 34.9 Å². The molecule has 1 fully saturated rings. The van der Waals surface area contributed by atoms with Crippen LogP contribution in [0.5, 0.6) is 0 Å². The standard InChI is InChI=1S/C14H12ClFN2O2/c15-10-2-3-11-9(13(10)14(19)20)1-4-12(17-11)18-6-5-8(16)7-18/h1-4,8H,5-7H2,(H,19,20)/t8-/m1/s1. The molecule has 0 radical (unpaired) electrons. The van der Waals surface area contributed by atoms with E-state index in [0.29, 0.717) is 36.2 Å². The minimum atomic E-state index is -1.08. The Hall–Kier alpha value is -1.88. The van der Waals surface area contributed by atoms with E-state index in [0.717, 1.165) is 0 Å². The highest BCUT2D eigenvalue weighted by Crippen LogP contribution is 2.28. The van der Waals surface area contributed by atoms with E-state index in [-0.39, 0.29) is 10.6 Å². The van der Waals surface area contributed by atoms with Gasteiger partial charge >= 0.3 is 5.97 Å². The monoisotopic (exact) mass is 294 g/mol. The van der Waals surface area contributed by atoms with Gasteiger partial charge < -0.3 is 10.0 Å². The number of halogens is 2. The number of aromatic nitrogens is 1. The second-order valence-electron chi connectivity index (χ2n) is 4.80. The molecule has 6 heteroatoms. The van der Waals surface area contributed by atoms with E-state index in [1.54, 1.807) is 18.2 Å². The number of carboxylic acid groups (broad SMARTS) is 1. The van der Waals surface area contributed by atoms with Crippen LogP contribution in [0.4, 0.5) is 10.2 Å². The van der Waals surface area contributed by atoms with Crippen LogP contribution in [0, 0.1) is 0 Å². The van der Waals surface area contributed by atoms with Crippen molar-refractivity contribution in [2.45, 2.75) is 12.6 Å². The predicted octanol–water partition coefficient (Wildman–Crippen LogP) is 3.13. The number of hydrogen-bond acceptors (Lipinski definition) is 3. The largest absolute Gasteiger partial charge is 0.478 e. The molecule has 20 heavy (non-hydrogen) atoms. The molecule has 0 bridgehead atoms. The number of rotatable bonds is 2. The van der Waals surface area contributed by atoms with Crippen molar-refractivity contribution in [2.75, 3.05) is 18.0 Å². The number of pyridine rings is 1. The molecule has 1 atom stereocenters. The SMILES string of the molecule is O=C(O)c1c(Cl)ccc2nc(N3CC[C@@H](F)C3)ccc12. The molecule has 2 heterocycles. The normalized spacial score (nSPS) is 18.7. The Kier molecular flexibility index (Phi) is 3.22. The lowest BCUT2D eigenvalue weighted by molar-refractivity contribution is 0.0699. The van der Waals surface area contributed by atoms with Crippen molar-refractivity contribution in [3.63, 3.8) is 0 Å². The number of anilines is 1. The van der Waals surface area contributed by atoms with Gasteiger partial charge in [0.1, 0.15) is 12.0 Å². The third-order valence-electron chi connectivity index (χ3n) is 3.47. The fourth-order valence-corrected chi connectivity index (χ4v) is 2.73. The molecule has 4 nitrogen and oxygen atoms in total. The smallest absolute Gasteiger partial charge is 0.337 e. The molecular weight excluding hydrogens is 283 g/mol. The first-order chi connectivity index (χ1) is 9.56. The van der Waals surface area contributed by atoms with Gasteiger partial charge in [-0.15, -0.1) is 0 Å². The molecule has 0 amide bonds. The topological polar surface area (TPSA) is 53.4 Å². The van der Waals surface area contributed by atoms with Gasteiger partial charge in [0.05, 0.1) is 22.6 Å². The van der Waals surface area contributed by atoms with Gasteiger partial charge in [0.15, 0.2) is 0 Å². The van der Waals surface area contributed by atoms with Crippen molar-refractivity contribution >= 4 is 34.3 Å². The average Bonchev–Trinajstić information content (AvgIpc) is 2.84. The van der Waals surface area contributed by atoms with Crippen LogP contribution in [0.1, 0.15) is 16.8 Å². The molecule has 0 spiro atoms. The molecule has 3 rings (SSSR count). The van der Waals surface area contributed by atoms with Crippen LogP contribution >= 0.6 is 11.6 Å². The Morgan fingerprint density at radius 3 is 2.85 bits per heavy atom. The van der Waals surface area contributed by atoms with E-state index in [1.807, 2.05) is 4.90 Å². The molecule has 1 aromatic carbocycles. The number of carboxylic acids is 1. The van der Waals surface area contributed by atoms with Gasteiger partial charge in [-0.1, -0.05) is 11.6 Å². The maximum absolute atomic E-state index is 13.2. The molecule has 1 aliphatic heterocycles. The van der Waals surface area contributed by atoms with Crippen LogP contribution in [0.25, 0.3) is 10.9 Å². The Bertz CT molecular complexity index is 692. The number of alkyl halides is 1. The van der Waals surface area contributed by atoms with Gasteiger partial charge in [0.25, 0.3) is 0 Å². The number of aromatic carboxylic acids is 1. The van der Waals surface area contributed by atoms with Crippen molar-refractivity contribution in [2.24, 2.45) is 0 Å². The van der Waals surface area contributed by atoms with Crippen LogP contribution in [-0.4, -0.2) is 35.3 Å². The summed E-state index contributed by atoms with van der Waals surface area (Å²) in [5, 5.41) is 9.88. The summed E-state index contributed by atoms with van der Waals surface area (Å²) in [4.78, 5) is 17.5. The lowest BCUT2D eigenvalue weighted by Crippen LogP contribution is -2.21. The van der Waals surface area contributed by atoms with Crippen molar-refractivity contribution in [1.29, 1.82) is 0 Å². The molecule has 0 saturated carbocycles. The van der Waals surface area contributed by atoms with Crippen molar-refractivity contribution in [1.82, 2.24) is 4.98 Å². The van der Waals surface area contributed by atoms with Crippen LogP contribution in [-0.2, 0) is 0 Å². The Morgan fingerprint density at radius 2 is 2.20 bits per heavy atom. The Morgan fingerprint density at radius 1 is 1.40 bits per heavy atom.